The molecular formula is C19H28N2O5. The zero-order valence-electron chi connectivity index (χ0n) is 15.5. The van der Waals surface area contributed by atoms with Crippen molar-refractivity contribution in [3.63, 3.8) is 0 Å². The number of nitrogens with zero attached hydrogens (tertiary/aromatic N) is 1. The summed E-state index contributed by atoms with van der Waals surface area (Å²) >= 11 is 0. The second-order valence-corrected chi connectivity index (χ2v) is 6.63. The van der Waals surface area contributed by atoms with Gasteiger partial charge in [0.1, 0.15) is 5.54 Å². The van der Waals surface area contributed by atoms with Crippen LogP contribution in [0.3, 0.4) is 0 Å². The van der Waals surface area contributed by atoms with Gasteiger partial charge in [-0.2, -0.15) is 0 Å². The Bertz CT molecular complexity index is 634. The third-order valence-corrected chi connectivity index (χ3v) is 4.85. The molecule has 0 saturated heterocycles. The van der Waals surface area contributed by atoms with E-state index in [2.05, 4.69) is 0 Å². The maximum absolute atomic E-state index is 12.8. The molecule has 0 spiro atoms. The molecule has 0 saturated carbocycles. The molecule has 0 aromatic heterocycles. The van der Waals surface area contributed by atoms with Gasteiger partial charge in [0.15, 0.2) is 0 Å². The van der Waals surface area contributed by atoms with E-state index in [0.29, 0.717) is 6.42 Å². The smallest absolute Gasteiger partial charge is 0.329 e. The van der Waals surface area contributed by atoms with E-state index in [1.165, 1.54) is 11.8 Å². The molecule has 0 fully saturated rings. The predicted octanol–water partition coefficient (Wildman–Crippen LogP) is 2.06. The number of carbonyl (C=O) groups is 3. The lowest BCUT2D eigenvalue weighted by molar-refractivity contribution is -0.161. The number of nitrogens with two attached hydrogens (primary N) is 1. The van der Waals surface area contributed by atoms with Gasteiger partial charge in [-0.1, -0.05) is 50.6 Å². The molecule has 0 bridgehead atoms. The molecule has 7 nitrogen and oxygen atoms in total. The van der Waals surface area contributed by atoms with Crippen molar-refractivity contribution in [2.75, 3.05) is 6.54 Å². The lowest BCUT2D eigenvalue weighted by Gasteiger charge is -2.43. The maximum Gasteiger partial charge on any atom is 0.329 e. The summed E-state index contributed by atoms with van der Waals surface area (Å²) in [5.74, 6) is -3.53. The number of rotatable bonds is 10. The summed E-state index contributed by atoms with van der Waals surface area (Å²) in [6, 6.07) is 7.78. The van der Waals surface area contributed by atoms with Crippen LogP contribution in [0.2, 0.25) is 0 Å². The van der Waals surface area contributed by atoms with E-state index in [0.717, 1.165) is 12.0 Å². The first-order chi connectivity index (χ1) is 12.2. The van der Waals surface area contributed by atoms with Crippen molar-refractivity contribution >= 4 is 17.8 Å². The van der Waals surface area contributed by atoms with Crippen molar-refractivity contribution in [1.29, 1.82) is 0 Å². The van der Waals surface area contributed by atoms with Crippen molar-refractivity contribution in [3.8, 4) is 0 Å². The number of carboxylic acid groups (broad SMARTS) is 2. The summed E-state index contributed by atoms with van der Waals surface area (Å²) < 4.78 is 0. The summed E-state index contributed by atoms with van der Waals surface area (Å²) in [6.45, 7) is 5.37. The number of hydrogen-bond donors (Lipinski definition) is 3. The van der Waals surface area contributed by atoms with E-state index in [1.54, 1.807) is 6.92 Å². The summed E-state index contributed by atoms with van der Waals surface area (Å²) in [6.07, 6.45) is 0.806. The van der Waals surface area contributed by atoms with Crippen LogP contribution in [0.4, 0.5) is 0 Å². The van der Waals surface area contributed by atoms with Gasteiger partial charge in [0, 0.05) is 12.5 Å². The van der Waals surface area contributed by atoms with E-state index in [4.69, 9.17) is 10.8 Å². The highest BCUT2D eigenvalue weighted by molar-refractivity contribution is 5.92. The first kappa shape index (κ1) is 21.6. The Balaban J connectivity index is 3.33. The molecule has 7 heteroatoms. The molecule has 144 valence electrons. The normalized spacial score (nSPS) is 15.5. The van der Waals surface area contributed by atoms with Gasteiger partial charge < -0.3 is 20.8 Å². The SMILES string of the molecule is CCCCN(C(=O)[C@@H](N)CC(=O)O)[C@](C)(C(=O)O)C(C)c1ccccc1. The van der Waals surface area contributed by atoms with Crippen LogP contribution < -0.4 is 5.73 Å². The Morgan fingerprint density at radius 2 is 1.77 bits per heavy atom. The molecule has 0 radical (unpaired) electrons. The highest BCUT2D eigenvalue weighted by atomic mass is 16.4. The third kappa shape index (κ3) is 4.82. The highest BCUT2D eigenvalue weighted by Gasteiger charge is 2.48. The number of aliphatic carboxylic acids is 2. The molecule has 0 aliphatic carbocycles. The molecule has 1 rings (SSSR count). The number of benzene rings is 1. The quantitative estimate of drug-likeness (QED) is 0.584. The van der Waals surface area contributed by atoms with E-state index in [-0.39, 0.29) is 6.54 Å². The van der Waals surface area contributed by atoms with Gasteiger partial charge in [0.2, 0.25) is 5.91 Å². The van der Waals surface area contributed by atoms with Crippen LogP contribution in [0, 0.1) is 0 Å². The van der Waals surface area contributed by atoms with Crippen LogP contribution in [0.15, 0.2) is 30.3 Å². The first-order valence-electron chi connectivity index (χ1n) is 8.73. The molecule has 1 aromatic rings. The van der Waals surface area contributed by atoms with E-state index in [9.17, 15) is 19.5 Å². The van der Waals surface area contributed by atoms with Gasteiger partial charge >= 0.3 is 11.9 Å². The molecule has 3 atom stereocenters. The second kappa shape index (κ2) is 9.33. The van der Waals surface area contributed by atoms with Crippen LogP contribution in [0.1, 0.15) is 51.5 Å². The molecule has 0 heterocycles. The van der Waals surface area contributed by atoms with E-state index >= 15 is 0 Å². The summed E-state index contributed by atoms with van der Waals surface area (Å²) in [4.78, 5) is 37.2. The van der Waals surface area contributed by atoms with Crippen molar-refractivity contribution in [2.24, 2.45) is 5.73 Å². The van der Waals surface area contributed by atoms with Crippen molar-refractivity contribution in [1.82, 2.24) is 4.90 Å². The minimum absolute atomic E-state index is 0.197. The lowest BCUT2D eigenvalue weighted by atomic mass is 9.79. The molecule has 0 aliphatic rings. The second-order valence-electron chi connectivity index (χ2n) is 6.63. The Hall–Kier alpha value is -2.41. The molecule has 4 N–H and O–H groups in total. The Labute approximate surface area is 153 Å². The monoisotopic (exact) mass is 364 g/mol. The third-order valence-electron chi connectivity index (χ3n) is 4.85. The zero-order chi connectivity index (χ0) is 19.9. The van der Waals surface area contributed by atoms with Crippen LogP contribution in [0.25, 0.3) is 0 Å². The fourth-order valence-electron chi connectivity index (χ4n) is 2.96. The van der Waals surface area contributed by atoms with Crippen molar-refractivity contribution < 1.29 is 24.6 Å². The van der Waals surface area contributed by atoms with Crippen LogP contribution >= 0.6 is 0 Å². The minimum atomic E-state index is -1.55. The van der Waals surface area contributed by atoms with Gasteiger partial charge in [-0.3, -0.25) is 9.59 Å². The van der Waals surface area contributed by atoms with Crippen LogP contribution in [0.5, 0.6) is 0 Å². The first-order valence-corrected chi connectivity index (χ1v) is 8.73. The highest BCUT2D eigenvalue weighted by Crippen LogP contribution is 2.34. The van der Waals surface area contributed by atoms with Gasteiger partial charge in [0.05, 0.1) is 12.5 Å². The fraction of sp³-hybridized carbons (Fsp3) is 0.526. The predicted molar refractivity (Wildman–Crippen MR) is 97.7 cm³/mol. The van der Waals surface area contributed by atoms with E-state index in [1.807, 2.05) is 37.3 Å². The Morgan fingerprint density at radius 1 is 1.19 bits per heavy atom. The van der Waals surface area contributed by atoms with Gasteiger partial charge in [-0.15, -0.1) is 0 Å². The van der Waals surface area contributed by atoms with Gasteiger partial charge in [-0.25, -0.2) is 4.79 Å². The van der Waals surface area contributed by atoms with Gasteiger partial charge in [0.25, 0.3) is 0 Å². The number of carboxylic acids is 2. The van der Waals surface area contributed by atoms with Crippen molar-refractivity contribution in [3.05, 3.63) is 35.9 Å². The standard InChI is InChI=1S/C19H28N2O5/c1-4-5-11-21(17(24)15(20)12-16(22)23)19(3,18(25)26)13(2)14-9-7-6-8-10-14/h6-10,13,15H,4-5,11-12,20H2,1-3H3,(H,22,23)(H,25,26)/t13?,15-,19-/m0/s1. The molecule has 26 heavy (non-hydrogen) atoms. The maximum atomic E-state index is 12.8. The topological polar surface area (TPSA) is 121 Å². The summed E-state index contributed by atoms with van der Waals surface area (Å²) in [7, 11) is 0. The van der Waals surface area contributed by atoms with E-state index < -0.39 is 41.8 Å². The number of amides is 1. The average molecular weight is 364 g/mol. The summed E-state index contributed by atoms with van der Waals surface area (Å²) in [5.41, 5.74) is 4.99. The Morgan fingerprint density at radius 3 is 2.23 bits per heavy atom. The Kier molecular flexibility index (Phi) is 7.76. The van der Waals surface area contributed by atoms with Gasteiger partial charge in [-0.05, 0) is 18.9 Å². The number of carbonyl (C=O) groups excluding carboxylic acids is 1. The lowest BCUT2D eigenvalue weighted by Crippen LogP contribution is -2.61. The molecule has 1 amide bonds. The number of hydrogen-bond acceptors (Lipinski definition) is 4. The van der Waals surface area contributed by atoms with Crippen LogP contribution in [-0.2, 0) is 14.4 Å². The number of unbranched alkanes of at least 4 members (excludes halogenated alkanes) is 1. The summed E-state index contributed by atoms with van der Waals surface area (Å²) in [5, 5.41) is 18.9. The molecule has 1 aromatic carbocycles. The fourth-order valence-corrected chi connectivity index (χ4v) is 2.96. The largest absolute Gasteiger partial charge is 0.481 e. The zero-order valence-corrected chi connectivity index (χ0v) is 15.5. The molecule has 1 unspecified atom stereocenters. The average Bonchev–Trinajstić information content (AvgIpc) is 2.60. The molecule has 0 aliphatic heterocycles. The molecular weight excluding hydrogens is 336 g/mol. The van der Waals surface area contributed by atoms with Crippen molar-refractivity contribution in [2.45, 2.75) is 57.5 Å². The van der Waals surface area contributed by atoms with Crippen LogP contribution in [-0.4, -0.2) is 51.1 Å². The minimum Gasteiger partial charge on any atom is -0.481 e.